The maximum Gasteiger partial charge on any atom is 0.0603 e. The Kier molecular flexibility index (Phi) is 3.18. The van der Waals surface area contributed by atoms with Crippen molar-refractivity contribution in [3.05, 3.63) is 11.6 Å². The van der Waals surface area contributed by atoms with Crippen LogP contribution >= 0.6 is 0 Å². The van der Waals surface area contributed by atoms with Crippen molar-refractivity contribution < 1.29 is 5.11 Å². The van der Waals surface area contributed by atoms with E-state index in [1.165, 1.54) is 24.8 Å². The van der Waals surface area contributed by atoms with E-state index in [-0.39, 0.29) is 6.10 Å². The molecule has 0 aromatic carbocycles. The Hall–Kier alpha value is -0.300. The number of fused-ring (bicyclic) bond motifs is 1. The SMILES string of the molecule is CC1=CCC(O)C(C)C2CC(C)(C)C2CC1. The van der Waals surface area contributed by atoms with E-state index in [0.717, 1.165) is 18.3 Å². The fourth-order valence-corrected chi connectivity index (χ4v) is 3.78. The Bertz CT molecular complexity index is 290. The summed E-state index contributed by atoms with van der Waals surface area (Å²) in [5, 5.41) is 10.2. The zero-order valence-electron chi connectivity index (χ0n) is 11.2. The van der Waals surface area contributed by atoms with Gasteiger partial charge in [0.1, 0.15) is 0 Å². The fourth-order valence-electron chi connectivity index (χ4n) is 3.78. The van der Waals surface area contributed by atoms with Crippen molar-refractivity contribution in [3.63, 3.8) is 0 Å². The van der Waals surface area contributed by atoms with Crippen molar-refractivity contribution in [2.75, 3.05) is 0 Å². The van der Waals surface area contributed by atoms with Gasteiger partial charge in [0.2, 0.25) is 0 Å². The van der Waals surface area contributed by atoms with Gasteiger partial charge in [-0.05, 0) is 55.8 Å². The second-order valence-electron chi connectivity index (χ2n) is 6.71. The lowest BCUT2D eigenvalue weighted by Crippen LogP contribution is -2.48. The quantitative estimate of drug-likeness (QED) is 0.618. The maximum atomic E-state index is 10.2. The molecule has 0 aromatic heterocycles. The Morgan fingerprint density at radius 2 is 2.06 bits per heavy atom. The molecule has 1 saturated carbocycles. The molecule has 0 saturated heterocycles. The molecule has 2 aliphatic rings. The average Bonchev–Trinajstić information content (AvgIpc) is 2.24. The molecule has 0 spiro atoms. The summed E-state index contributed by atoms with van der Waals surface area (Å²) in [5.41, 5.74) is 1.97. The molecule has 0 bridgehead atoms. The Morgan fingerprint density at radius 1 is 1.38 bits per heavy atom. The molecule has 2 rings (SSSR count). The van der Waals surface area contributed by atoms with E-state index in [1.807, 2.05) is 0 Å². The highest BCUT2D eigenvalue weighted by atomic mass is 16.3. The molecule has 16 heavy (non-hydrogen) atoms. The lowest BCUT2D eigenvalue weighted by Gasteiger charge is -2.55. The topological polar surface area (TPSA) is 20.2 Å². The van der Waals surface area contributed by atoms with E-state index < -0.39 is 0 Å². The van der Waals surface area contributed by atoms with Crippen molar-refractivity contribution in [2.45, 2.75) is 59.5 Å². The van der Waals surface area contributed by atoms with Crippen LogP contribution in [-0.4, -0.2) is 11.2 Å². The number of aliphatic hydroxyl groups is 1. The molecule has 1 nitrogen and oxygen atoms in total. The van der Waals surface area contributed by atoms with Crippen LogP contribution in [0.15, 0.2) is 11.6 Å². The zero-order valence-corrected chi connectivity index (χ0v) is 11.2. The minimum Gasteiger partial charge on any atom is -0.393 e. The van der Waals surface area contributed by atoms with Crippen LogP contribution in [0.25, 0.3) is 0 Å². The largest absolute Gasteiger partial charge is 0.393 e. The van der Waals surface area contributed by atoms with Crippen molar-refractivity contribution in [2.24, 2.45) is 23.2 Å². The molecule has 4 atom stereocenters. The van der Waals surface area contributed by atoms with Crippen LogP contribution in [0.4, 0.5) is 0 Å². The second kappa shape index (κ2) is 4.18. The number of hydrogen-bond donors (Lipinski definition) is 1. The number of rotatable bonds is 0. The Morgan fingerprint density at radius 3 is 2.69 bits per heavy atom. The van der Waals surface area contributed by atoms with Crippen LogP contribution in [0, 0.1) is 23.2 Å². The van der Waals surface area contributed by atoms with E-state index in [1.54, 1.807) is 0 Å². The van der Waals surface area contributed by atoms with E-state index in [2.05, 4.69) is 33.8 Å². The van der Waals surface area contributed by atoms with Gasteiger partial charge in [0.25, 0.3) is 0 Å². The summed E-state index contributed by atoms with van der Waals surface area (Å²) in [4.78, 5) is 0. The van der Waals surface area contributed by atoms with Gasteiger partial charge in [0, 0.05) is 0 Å². The Balaban J connectivity index is 2.15. The van der Waals surface area contributed by atoms with Gasteiger partial charge >= 0.3 is 0 Å². The fraction of sp³-hybridized carbons (Fsp3) is 0.867. The van der Waals surface area contributed by atoms with Crippen molar-refractivity contribution in [3.8, 4) is 0 Å². The van der Waals surface area contributed by atoms with Crippen LogP contribution in [-0.2, 0) is 0 Å². The molecule has 0 amide bonds. The first-order chi connectivity index (χ1) is 7.42. The summed E-state index contributed by atoms with van der Waals surface area (Å²) in [7, 11) is 0. The molecule has 1 N–H and O–H groups in total. The van der Waals surface area contributed by atoms with E-state index in [4.69, 9.17) is 0 Å². The first-order valence-corrected chi connectivity index (χ1v) is 6.75. The van der Waals surface area contributed by atoms with E-state index >= 15 is 0 Å². The average molecular weight is 222 g/mol. The van der Waals surface area contributed by atoms with Crippen molar-refractivity contribution in [1.29, 1.82) is 0 Å². The van der Waals surface area contributed by atoms with Crippen LogP contribution < -0.4 is 0 Å². The van der Waals surface area contributed by atoms with Gasteiger partial charge in [0.05, 0.1) is 6.10 Å². The molecule has 0 aromatic rings. The van der Waals surface area contributed by atoms with Crippen LogP contribution in [0.5, 0.6) is 0 Å². The molecule has 1 fully saturated rings. The summed E-state index contributed by atoms with van der Waals surface area (Å²) < 4.78 is 0. The number of aliphatic hydroxyl groups excluding tert-OH is 1. The molecular formula is C15H26O. The smallest absolute Gasteiger partial charge is 0.0603 e. The van der Waals surface area contributed by atoms with Gasteiger partial charge in [0.15, 0.2) is 0 Å². The predicted octanol–water partition coefficient (Wildman–Crippen LogP) is 3.78. The zero-order chi connectivity index (χ0) is 11.9. The molecule has 92 valence electrons. The van der Waals surface area contributed by atoms with E-state index in [9.17, 15) is 5.11 Å². The van der Waals surface area contributed by atoms with Crippen molar-refractivity contribution >= 4 is 0 Å². The lowest BCUT2D eigenvalue weighted by molar-refractivity contribution is -0.0773. The van der Waals surface area contributed by atoms with Crippen LogP contribution in [0.1, 0.15) is 53.4 Å². The van der Waals surface area contributed by atoms with E-state index in [0.29, 0.717) is 11.3 Å². The van der Waals surface area contributed by atoms with Gasteiger partial charge < -0.3 is 5.11 Å². The van der Waals surface area contributed by atoms with Gasteiger partial charge in [-0.25, -0.2) is 0 Å². The summed E-state index contributed by atoms with van der Waals surface area (Å²) in [6, 6.07) is 0. The standard InChI is InChI=1S/C15H26O/c1-10-5-7-13-12(9-15(13,3)4)11(2)14(16)8-6-10/h6,11-14,16H,5,7-9H2,1-4H3. The van der Waals surface area contributed by atoms with Crippen molar-refractivity contribution in [1.82, 2.24) is 0 Å². The summed E-state index contributed by atoms with van der Waals surface area (Å²) in [5.74, 6) is 2.04. The van der Waals surface area contributed by atoms with Gasteiger partial charge in [-0.3, -0.25) is 0 Å². The highest BCUT2D eigenvalue weighted by molar-refractivity contribution is 5.06. The lowest BCUT2D eigenvalue weighted by atomic mass is 9.50. The maximum absolute atomic E-state index is 10.2. The predicted molar refractivity (Wildman–Crippen MR) is 68.2 cm³/mol. The molecule has 0 aliphatic heterocycles. The molecule has 2 aliphatic carbocycles. The summed E-state index contributed by atoms with van der Waals surface area (Å²) in [6.45, 7) is 9.24. The minimum absolute atomic E-state index is 0.128. The highest BCUT2D eigenvalue weighted by Crippen LogP contribution is 2.56. The first-order valence-electron chi connectivity index (χ1n) is 6.75. The normalized spacial score (nSPS) is 43.2. The monoisotopic (exact) mass is 222 g/mol. The molecule has 0 heterocycles. The number of allylic oxidation sites excluding steroid dienone is 1. The van der Waals surface area contributed by atoms with Crippen LogP contribution in [0.3, 0.4) is 0 Å². The third-order valence-electron chi connectivity index (χ3n) is 5.12. The molecule has 0 radical (unpaired) electrons. The molecule has 4 unspecified atom stereocenters. The summed E-state index contributed by atoms with van der Waals surface area (Å²) in [6.07, 6.45) is 6.82. The van der Waals surface area contributed by atoms with Gasteiger partial charge in [-0.15, -0.1) is 0 Å². The van der Waals surface area contributed by atoms with Crippen LogP contribution in [0.2, 0.25) is 0 Å². The van der Waals surface area contributed by atoms with Gasteiger partial charge in [-0.1, -0.05) is 32.4 Å². The second-order valence-corrected chi connectivity index (χ2v) is 6.71. The highest BCUT2D eigenvalue weighted by Gasteiger charge is 2.49. The number of hydrogen-bond acceptors (Lipinski definition) is 1. The molecular weight excluding hydrogens is 196 g/mol. The third-order valence-corrected chi connectivity index (χ3v) is 5.12. The first kappa shape index (κ1) is 12.2. The third kappa shape index (κ3) is 2.07. The minimum atomic E-state index is -0.128. The van der Waals surface area contributed by atoms with Gasteiger partial charge in [-0.2, -0.15) is 0 Å². The Labute approximate surface area is 99.9 Å². The molecule has 1 heteroatoms. The summed E-state index contributed by atoms with van der Waals surface area (Å²) >= 11 is 0.